The molecule has 1 saturated heterocycles. The van der Waals surface area contributed by atoms with Crippen molar-refractivity contribution in [1.82, 2.24) is 4.31 Å². The molecule has 24 heavy (non-hydrogen) atoms. The number of benzene rings is 1. The molecule has 4 nitrogen and oxygen atoms in total. The van der Waals surface area contributed by atoms with E-state index in [0.717, 1.165) is 35.5 Å². The predicted molar refractivity (Wildman–Crippen MR) is 96.8 cm³/mol. The smallest absolute Gasteiger partial charge is 0.243 e. The first-order chi connectivity index (χ1) is 11.5. The first-order valence-electron chi connectivity index (χ1n) is 8.18. The van der Waals surface area contributed by atoms with Crippen molar-refractivity contribution in [3.63, 3.8) is 0 Å². The summed E-state index contributed by atoms with van der Waals surface area (Å²) in [5.41, 5.74) is 1.86. The van der Waals surface area contributed by atoms with Crippen LogP contribution in [0.3, 0.4) is 0 Å². The van der Waals surface area contributed by atoms with Gasteiger partial charge in [-0.15, -0.1) is 11.3 Å². The van der Waals surface area contributed by atoms with E-state index in [1.165, 1.54) is 0 Å². The molecule has 1 aromatic heterocycles. The number of aryl methyl sites for hydroxylation is 2. The van der Waals surface area contributed by atoms with Crippen LogP contribution in [0.4, 0.5) is 0 Å². The van der Waals surface area contributed by atoms with Crippen molar-refractivity contribution in [2.24, 2.45) is 0 Å². The minimum Gasteiger partial charge on any atom is -0.377 e. The molecule has 2 aromatic rings. The third kappa shape index (κ3) is 3.88. The molecule has 2 heterocycles. The lowest BCUT2D eigenvalue weighted by Crippen LogP contribution is -2.37. The van der Waals surface area contributed by atoms with Crippen molar-refractivity contribution in [3.8, 4) is 0 Å². The summed E-state index contributed by atoms with van der Waals surface area (Å²) in [5.74, 6) is 0. The Kier molecular flexibility index (Phi) is 5.39. The Morgan fingerprint density at radius 1 is 1.29 bits per heavy atom. The van der Waals surface area contributed by atoms with Gasteiger partial charge >= 0.3 is 0 Å². The molecule has 0 radical (unpaired) electrons. The maximum absolute atomic E-state index is 13.3. The molecule has 3 rings (SSSR count). The highest BCUT2D eigenvalue weighted by Gasteiger charge is 2.30. The number of hydrogen-bond acceptors (Lipinski definition) is 4. The van der Waals surface area contributed by atoms with E-state index in [2.05, 4.69) is 0 Å². The van der Waals surface area contributed by atoms with E-state index in [-0.39, 0.29) is 6.10 Å². The van der Waals surface area contributed by atoms with Crippen LogP contribution < -0.4 is 0 Å². The van der Waals surface area contributed by atoms with Crippen LogP contribution in [-0.4, -0.2) is 32.0 Å². The van der Waals surface area contributed by atoms with Gasteiger partial charge < -0.3 is 4.74 Å². The van der Waals surface area contributed by atoms with Gasteiger partial charge in [0.05, 0.1) is 11.0 Å². The lowest BCUT2D eigenvalue weighted by atomic mass is 10.2. The van der Waals surface area contributed by atoms with E-state index in [1.807, 2.05) is 43.5 Å². The highest BCUT2D eigenvalue weighted by Crippen LogP contribution is 2.26. The number of nitrogens with zero attached hydrogens (tertiary/aromatic N) is 1. The first-order valence-corrected chi connectivity index (χ1v) is 10.5. The quantitative estimate of drug-likeness (QED) is 0.783. The minimum absolute atomic E-state index is 0.00880. The standard InChI is InChI=1S/C18H23NO3S2/c1-14-7-8-18(15(2)11-14)24(20,21)19(12-16-5-3-9-22-16)13-17-6-4-10-23-17/h4,6-8,10-11,16H,3,5,9,12-13H2,1-2H3/t16-/m1/s1. The second kappa shape index (κ2) is 7.35. The van der Waals surface area contributed by atoms with Gasteiger partial charge in [-0.2, -0.15) is 4.31 Å². The van der Waals surface area contributed by atoms with Gasteiger partial charge in [0, 0.05) is 24.6 Å². The molecule has 1 fully saturated rings. The highest BCUT2D eigenvalue weighted by atomic mass is 32.2. The summed E-state index contributed by atoms with van der Waals surface area (Å²) in [4.78, 5) is 1.43. The van der Waals surface area contributed by atoms with Crippen molar-refractivity contribution < 1.29 is 13.2 Å². The van der Waals surface area contributed by atoms with E-state index in [4.69, 9.17) is 4.74 Å². The van der Waals surface area contributed by atoms with Crippen LogP contribution in [0.15, 0.2) is 40.6 Å². The normalized spacial score (nSPS) is 18.4. The number of hydrogen-bond donors (Lipinski definition) is 0. The fourth-order valence-electron chi connectivity index (χ4n) is 3.07. The summed E-state index contributed by atoms with van der Waals surface area (Å²) in [5, 5.41) is 1.98. The third-order valence-electron chi connectivity index (χ3n) is 4.29. The van der Waals surface area contributed by atoms with E-state index in [9.17, 15) is 8.42 Å². The molecule has 1 atom stereocenters. The van der Waals surface area contributed by atoms with E-state index >= 15 is 0 Å². The van der Waals surface area contributed by atoms with Gasteiger partial charge in [0.2, 0.25) is 10.0 Å². The monoisotopic (exact) mass is 365 g/mol. The van der Waals surface area contributed by atoms with Crippen molar-refractivity contribution in [2.45, 2.75) is 44.2 Å². The zero-order chi connectivity index (χ0) is 17.2. The molecule has 0 saturated carbocycles. The third-order valence-corrected chi connectivity index (χ3v) is 7.12. The molecule has 1 aliphatic heterocycles. The Hall–Kier alpha value is -1.21. The Bertz CT molecular complexity index is 779. The Balaban J connectivity index is 1.92. The molecule has 0 aliphatic carbocycles. The number of sulfonamides is 1. The van der Waals surface area contributed by atoms with Gasteiger partial charge in [0.1, 0.15) is 0 Å². The molecule has 130 valence electrons. The summed E-state index contributed by atoms with van der Waals surface area (Å²) >= 11 is 1.58. The van der Waals surface area contributed by atoms with Gasteiger partial charge in [-0.3, -0.25) is 0 Å². The van der Waals surface area contributed by atoms with Crippen molar-refractivity contribution >= 4 is 21.4 Å². The fraction of sp³-hybridized carbons (Fsp3) is 0.444. The number of thiophene rings is 1. The molecule has 1 aliphatic rings. The van der Waals surface area contributed by atoms with Crippen LogP contribution in [0, 0.1) is 13.8 Å². The molecule has 0 unspecified atom stereocenters. The summed E-state index contributed by atoms with van der Waals surface area (Å²) < 4.78 is 33.8. The van der Waals surface area contributed by atoms with Crippen LogP contribution in [0.1, 0.15) is 28.8 Å². The summed E-state index contributed by atoms with van der Waals surface area (Å²) in [7, 11) is -3.55. The summed E-state index contributed by atoms with van der Waals surface area (Å²) in [6.45, 7) is 5.36. The summed E-state index contributed by atoms with van der Waals surface area (Å²) in [6.07, 6.45) is 1.91. The van der Waals surface area contributed by atoms with Crippen LogP contribution in [-0.2, 0) is 21.3 Å². The zero-order valence-corrected chi connectivity index (χ0v) is 15.7. The molecule has 0 spiro atoms. The maximum atomic E-state index is 13.3. The topological polar surface area (TPSA) is 46.6 Å². The Labute approximate surface area is 148 Å². The van der Waals surface area contributed by atoms with Crippen LogP contribution >= 0.6 is 11.3 Å². The number of ether oxygens (including phenoxy) is 1. The average Bonchev–Trinajstić information content (AvgIpc) is 3.19. The van der Waals surface area contributed by atoms with E-state index < -0.39 is 10.0 Å². The maximum Gasteiger partial charge on any atom is 0.243 e. The van der Waals surface area contributed by atoms with Gasteiger partial charge in [0.25, 0.3) is 0 Å². The Morgan fingerprint density at radius 3 is 2.75 bits per heavy atom. The van der Waals surface area contributed by atoms with E-state index in [1.54, 1.807) is 21.7 Å². The molecule has 1 aromatic carbocycles. The summed E-state index contributed by atoms with van der Waals surface area (Å²) in [6, 6.07) is 9.42. The van der Waals surface area contributed by atoms with Crippen molar-refractivity contribution in [1.29, 1.82) is 0 Å². The SMILES string of the molecule is Cc1ccc(S(=O)(=O)N(Cc2cccs2)C[C@H]2CCCO2)c(C)c1. The lowest BCUT2D eigenvalue weighted by molar-refractivity contribution is 0.0927. The predicted octanol–water partition coefficient (Wildman–Crippen LogP) is 3.73. The van der Waals surface area contributed by atoms with Crippen LogP contribution in [0.2, 0.25) is 0 Å². The lowest BCUT2D eigenvalue weighted by Gasteiger charge is -2.25. The zero-order valence-electron chi connectivity index (χ0n) is 14.1. The largest absolute Gasteiger partial charge is 0.377 e. The molecule has 0 amide bonds. The minimum atomic E-state index is -3.55. The van der Waals surface area contributed by atoms with Gasteiger partial charge in [-0.05, 0) is 49.8 Å². The van der Waals surface area contributed by atoms with Gasteiger partial charge in [0.15, 0.2) is 0 Å². The molecule has 6 heteroatoms. The number of rotatable bonds is 6. The van der Waals surface area contributed by atoms with Crippen LogP contribution in [0.25, 0.3) is 0 Å². The highest BCUT2D eigenvalue weighted by molar-refractivity contribution is 7.89. The van der Waals surface area contributed by atoms with Gasteiger partial charge in [-0.1, -0.05) is 23.8 Å². The second-order valence-corrected chi connectivity index (χ2v) is 9.22. The molecular weight excluding hydrogens is 342 g/mol. The molecular formula is C18H23NO3S2. The molecule has 0 bridgehead atoms. The fourth-order valence-corrected chi connectivity index (χ4v) is 5.52. The van der Waals surface area contributed by atoms with E-state index in [0.29, 0.717) is 18.0 Å². The average molecular weight is 366 g/mol. The van der Waals surface area contributed by atoms with Crippen LogP contribution in [0.5, 0.6) is 0 Å². The molecule has 0 N–H and O–H groups in total. The van der Waals surface area contributed by atoms with Gasteiger partial charge in [-0.25, -0.2) is 8.42 Å². The van der Waals surface area contributed by atoms with Crippen molar-refractivity contribution in [2.75, 3.05) is 13.2 Å². The second-order valence-electron chi connectivity index (χ2n) is 6.28. The van der Waals surface area contributed by atoms with Crippen molar-refractivity contribution in [3.05, 3.63) is 51.7 Å². The Morgan fingerprint density at radius 2 is 2.12 bits per heavy atom. The first kappa shape index (κ1) is 17.6.